The maximum Gasteiger partial charge on any atom is 0.326 e. The van der Waals surface area contributed by atoms with Crippen LogP contribution in [0.25, 0.3) is 0 Å². The molecule has 0 saturated carbocycles. The standard InChI is InChI=1S/C53H106N22O11/c54-25-7-1-16-34(69-45(79)35(17-2-8-26-55)71-48(82)39(22-14-32-67-53(64)65)68-43(77)33(60)15-13-31-66-52(62)63)44(78)70-37(19-4-10-28-57)47(81)74-40(23-24-42(61)76)50(84)73-36(18-3-9-27-56)46(80)72-38(20-5-11-29-58)49(83)75-41(51(85)86)21-6-12-30-59/h33-41H,1-32,54-60H2,(H2,61,76)(H,68,77)(H,69,79)(H,70,78)(H,71,82)(H,72,80)(H,73,84)(H,74,81)(H,75,83)(H,85,86)(H4,62,63,66)(H4,64,65,67)/t33-,34-,35-,36-,37-,38-,39-,40-,41-/m0/s1. The molecule has 0 rings (SSSR count). The summed E-state index contributed by atoms with van der Waals surface area (Å²) in [6.45, 7) is 1.84. The van der Waals surface area contributed by atoms with E-state index >= 15 is 0 Å². The second-order valence-electron chi connectivity index (χ2n) is 21.0. The lowest BCUT2D eigenvalue weighted by Gasteiger charge is -2.28. The van der Waals surface area contributed by atoms with Gasteiger partial charge in [-0.2, -0.15) is 0 Å². The summed E-state index contributed by atoms with van der Waals surface area (Å²) in [5.41, 5.74) is 67.9. The zero-order valence-electron chi connectivity index (χ0n) is 50.2. The minimum absolute atomic E-state index is 0.00201. The maximum atomic E-state index is 14.5. The number of hydrogen-bond donors (Lipinski definition) is 21. The number of unbranched alkanes of at least 4 members (excludes halogenated alkanes) is 6. The monoisotopic (exact) mass is 1230 g/mol. The quantitative estimate of drug-likeness (QED) is 0.0153. The molecule has 33 heteroatoms. The summed E-state index contributed by atoms with van der Waals surface area (Å²) in [6, 6.07) is -11.7. The molecule has 0 aliphatic heterocycles. The molecule has 0 spiro atoms. The number of guanidine groups is 2. The summed E-state index contributed by atoms with van der Waals surface area (Å²) in [5.74, 6) is -8.86. The summed E-state index contributed by atoms with van der Waals surface area (Å²) in [7, 11) is 0. The van der Waals surface area contributed by atoms with Crippen LogP contribution < -0.4 is 111 Å². The highest BCUT2D eigenvalue weighted by Gasteiger charge is 2.35. The molecule has 86 heavy (non-hydrogen) atoms. The third-order valence-corrected chi connectivity index (χ3v) is 13.7. The summed E-state index contributed by atoms with van der Waals surface area (Å²) in [6.07, 6.45) is 4.96. The van der Waals surface area contributed by atoms with Gasteiger partial charge < -0.3 is 116 Å². The van der Waals surface area contributed by atoms with Gasteiger partial charge in [0.05, 0.1) is 6.04 Å². The maximum absolute atomic E-state index is 14.5. The topological polar surface area (TPSA) is 624 Å². The van der Waals surface area contributed by atoms with E-state index in [0.717, 1.165) is 0 Å². The number of carbonyl (C=O) groups is 10. The molecule has 0 unspecified atom stereocenters. The fourth-order valence-corrected chi connectivity index (χ4v) is 8.72. The van der Waals surface area contributed by atoms with E-state index in [9.17, 15) is 53.1 Å². The Morgan fingerprint density at radius 3 is 0.767 bits per heavy atom. The van der Waals surface area contributed by atoms with Crippen LogP contribution in [-0.4, -0.2) is 183 Å². The van der Waals surface area contributed by atoms with Crippen LogP contribution in [0.4, 0.5) is 0 Å². The third-order valence-electron chi connectivity index (χ3n) is 13.7. The Bertz CT molecular complexity index is 2100. The average Bonchev–Trinajstić information content (AvgIpc) is 3.58. The zero-order valence-corrected chi connectivity index (χ0v) is 50.2. The smallest absolute Gasteiger partial charge is 0.326 e. The molecule has 9 amide bonds. The molecule has 0 aromatic rings. The third kappa shape index (κ3) is 36.7. The Morgan fingerprint density at radius 2 is 0.523 bits per heavy atom. The molecule has 494 valence electrons. The van der Waals surface area contributed by atoms with E-state index in [0.29, 0.717) is 90.0 Å². The number of primary amides is 1. The Morgan fingerprint density at radius 1 is 0.302 bits per heavy atom. The van der Waals surface area contributed by atoms with Gasteiger partial charge in [0.1, 0.15) is 48.3 Å². The molecule has 9 atom stereocenters. The van der Waals surface area contributed by atoms with Crippen LogP contribution in [0.15, 0.2) is 9.98 Å². The molecule has 0 saturated heterocycles. The molecule has 33 nitrogen and oxygen atoms in total. The zero-order chi connectivity index (χ0) is 64.8. The van der Waals surface area contributed by atoms with Crippen molar-refractivity contribution in [2.24, 2.45) is 78.8 Å². The first-order valence-corrected chi connectivity index (χ1v) is 30.0. The molecule has 0 bridgehead atoms. The highest BCUT2D eigenvalue weighted by atomic mass is 16.4. The Labute approximate surface area is 504 Å². The average molecular weight is 1230 g/mol. The number of aliphatic carboxylic acids is 1. The first kappa shape index (κ1) is 79.0. The van der Waals surface area contributed by atoms with Crippen LogP contribution in [-0.2, 0) is 47.9 Å². The van der Waals surface area contributed by atoms with Crippen LogP contribution >= 0.6 is 0 Å². The molecule has 0 aliphatic carbocycles. The number of aliphatic imine (C=N–C) groups is 2. The van der Waals surface area contributed by atoms with Crippen molar-refractivity contribution < 1.29 is 53.1 Å². The van der Waals surface area contributed by atoms with Gasteiger partial charge in [-0.25, -0.2) is 4.79 Å². The highest BCUT2D eigenvalue weighted by Crippen LogP contribution is 2.13. The van der Waals surface area contributed by atoms with Crippen LogP contribution in [0.3, 0.4) is 0 Å². The molecule has 0 aromatic heterocycles. The van der Waals surface area contributed by atoms with Crippen molar-refractivity contribution in [3.63, 3.8) is 0 Å². The van der Waals surface area contributed by atoms with E-state index in [1.165, 1.54) is 0 Å². The molecule has 0 radical (unpaired) electrons. The fraction of sp³-hybridized carbons (Fsp3) is 0.774. The van der Waals surface area contributed by atoms with Crippen molar-refractivity contribution >= 4 is 71.1 Å². The second kappa shape index (κ2) is 48.1. The first-order chi connectivity index (χ1) is 41.0. The minimum Gasteiger partial charge on any atom is -0.480 e. The number of carboxylic acids is 1. The van der Waals surface area contributed by atoms with Crippen LogP contribution in [0.2, 0.25) is 0 Å². The molecule has 0 aliphatic rings. The summed E-state index contributed by atoms with van der Waals surface area (Å²) in [5, 5.41) is 31.0. The lowest BCUT2D eigenvalue weighted by atomic mass is 10.0. The molecule has 33 N–H and O–H groups in total. The van der Waals surface area contributed by atoms with Gasteiger partial charge in [-0.05, 0) is 187 Å². The van der Waals surface area contributed by atoms with Crippen molar-refractivity contribution in [2.75, 3.05) is 52.4 Å². The van der Waals surface area contributed by atoms with Crippen molar-refractivity contribution in [2.45, 2.75) is 208 Å². The number of nitrogens with zero attached hydrogens (tertiary/aromatic N) is 2. The van der Waals surface area contributed by atoms with Gasteiger partial charge in [0.25, 0.3) is 0 Å². The second-order valence-corrected chi connectivity index (χ2v) is 21.0. The SMILES string of the molecule is NCCCC[C@H](NC(=O)[C@H](CCCCN)NC(=O)[C@H](CCCCN)NC(=O)[C@H](CCC(N)=O)NC(=O)[C@H](CCCCN)NC(=O)[C@H](CCCCN)NC(=O)[C@H](CCCCN)NC(=O)[C@H](CCCN=C(N)N)NC(=O)[C@@H](N)CCCN=C(N)N)C(=O)O. The summed E-state index contributed by atoms with van der Waals surface area (Å²) in [4.78, 5) is 145. The Balaban J connectivity index is 7.03. The number of hydrogen-bond acceptors (Lipinski definition) is 19. The van der Waals surface area contributed by atoms with E-state index in [2.05, 4.69) is 52.5 Å². The number of amides is 9. The van der Waals surface area contributed by atoms with Gasteiger partial charge in [0.15, 0.2) is 11.9 Å². The largest absolute Gasteiger partial charge is 0.480 e. The van der Waals surface area contributed by atoms with Gasteiger partial charge in [-0.1, -0.05) is 0 Å². The highest BCUT2D eigenvalue weighted by molar-refractivity contribution is 5.98. The van der Waals surface area contributed by atoms with Crippen LogP contribution in [0.5, 0.6) is 0 Å². The van der Waals surface area contributed by atoms with Gasteiger partial charge >= 0.3 is 5.97 Å². The lowest BCUT2D eigenvalue weighted by Crippen LogP contribution is -2.60. The van der Waals surface area contributed by atoms with E-state index in [-0.39, 0.29) is 122 Å². The van der Waals surface area contributed by atoms with E-state index in [4.69, 9.17) is 68.8 Å². The Kier molecular flexibility index (Phi) is 44.2. The molecule has 0 aromatic carbocycles. The van der Waals surface area contributed by atoms with Gasteiger partial charge in [0.2, 0.25) is 53.2 Å². The minimum atomic E-state index is -1.54. The predicted octanol–water partition coefficient (Wildman–Crippen LogP) is -6.58. The molecule has 0 fully saturated rings. The van der Waals surface area contributed by atoms with E-state index in [1.807, 2.05) is 0 Å². The van der Waals surface area contributed by atoms with Gasteiger partial charge in [-0.15, -0.1) is 0 Å². The summed E-state index contributed by atoms with van der Waals surface area (Å²) >= 11 is 0. The fourth-order valence-electron chi connectivity index (χ4n) is 8.72. The van der Waals surface area contributed by atoms with E-state index in [1.54, 1.807) is 0 Å². The number of nitrogens with one attached hydrogen (secondary N) is 8. The Hall–Kier alpha value is -7.04. The van der Waals surface area contributed by atoms with Crippen LogP contribution in [0, 0.1) is 0 Å². The first-order valence-electron chi connectivity index (χ1n) is 30.0. The normalized spacial score (nSPS) is 14.2. The number of rotatable bonds is 52. The van der Waals surface area contributed by atoms with Crippen molar-refractivity contribution in [3.8, 4) is 0 Å². The van der Waals surface area contributed by atoms with Crippen LogP contribution in [0.1, 0.15) is 154 Å². The van der Waals surface area contributed by atoms with Gasteiger partial charge in [-0.3, -0.25) is 53.1 Å². The lowest BCUT2D eigenvalue weighted by molar-refractivity contribution is -0.142. The van der Waals surface area contributed by atoms with Gasteiger partial charge in [0, 0.05) is 19.5 Å². The number of nitrogens with two attached hydrogens (primary N) is 12. The van der Waals surface area contributed by atoms with E-state index < -0.39 is 120 Å². The van der Waals surface area contributed by atoms with Crippen molar-refractivity contribution in [1.29, 1.82) is 0 Å². The number of carbonyl (C=O) groups excluding carboxylic acids is 9. The molecular weight excluding hydrogens is 1120 g/mol. The predicted molar refractivity (Wildman–Crippen MR) is 327 cm³/mol. The summed E-state index contributed by atoms with van der Waals surface area (Å²) < 4.78 is 0. The molecule has 0 heterocycles. The van der Waals surface area contributed by atoms with Crippen molar-refractivity contribution in [3.05, 3.63) is 0 Å². The molecular formula is C53H106N22O11. The number of carboxylic acid groups (broad SMARTS) is 1. The van der Waals surface area contributed by atoms with Crippen molar-refractivity contribution in [1.82, 2.24) is 42.5 Å².